The molecule has 0 bridgehead atoms. The first-order valence-corrected chi connectivity index (χ1v) is 9.35. The van der Waals surface area contributed by atoms with Crippen LogP contribution in [0.1, 0.15) is 42.5 Å². The number of hydrogen-bond donors (Lipinski definition) is 1. The highest BCUT2D eigenvalue weighted by molar-refractivity contribution is 5.70. The number of rotatable bonds is 6. The van der Waals surface area contributed by atoms with E-state index in [0.717, 1.165) is 18.8 Å². The van der Waals surface area contributed by atoms with E-state index in [2.05, 4.69) is 48.2 Å². The van der Waals surface area contributed by atoms with Crippen LogP contribution in [0.4, 0.5) is 0 Å². The Kier molecular flexibility index (Phi) is 5.94. The Bertz CT molecular complexity index is 733. The van der Waals surface area contributed by atoms with Crippen LogP contribution in [0, 0.1) is 12.8 Å². The second-order valence-electron chi connectivity index (χ2n) is 6.91. The molecule has 1 N–H and O–H groups in total. The smallest absolute Gasteiger partial charge is 0.306 e. The van der Waals surface area contributed by atoms with E-state index in [4.69, 9.17) is 4.74 Å². The standard InChI is InChI=1S/C22H27NO3/c1-3-26-19-10-8-17(9-11-19)21(20-7-5-4-6-16(20)2)23-14-12-18(13-15-23)22(24)25/h4-11,18,21H,3,12-15H2,1-2H3,(H,24,25). The van der Waals surface area contributed by atoms with Gasteiger partial charge in [-0.1, -0.05) is 36.4 Å². The van der Waals surface area contributed by atoms with Crippen LogP contribution in [0.15, 0.2) is 48.5 Å². The van der Waals surface area contributed by atoms with Crippen LogP contribution in [-0.4, -0.2) is 35.7 Å². The minimum Gasteiger partial charge on any atom is -0.494 e. The van der Waals surface area contributed by atoms with Gasteiger partial charge in [-0.25, -0.2) is 0 Å². The lowest BCUT2D eigenvalue weighted by molar-refractivity contribution is -0.143. The lowest BCUT2D eigenvalue weighted by Gasteiger charge is -2.37. The van der Waals surface area contributed by atoms with Crippen molar-refractivity contribution in [3.8, 4) is 5.75 Å². The lowest BCUT2D eigenvalue weighted by Crippen LogP contribution is -2.39. The topological polar surface area (TPSA) is 49.8 Å². The molecular weight excluding hydrogens is 326 g/mol. The van der Waals surface area contributed by atoms with Crippen LogP contribution in [0.25, 0.3) is 0 Å². The molecule has 1 unspecified atom stereocenters. The average molecular weight is 353 g/mol. The quantitative estimate of drug-likeness (QED) is 0.842. The normalized spacial score (nSPS) is 17.0. The summed E-state index contributed by atoms with van der Waals surface area (Å²) in [5.41, 5.74) is 3.76. The first-order chi connectivity index (χ1) is 12.6. The highest BCUT2D eigenvalue weighted by Gasteiger charge is 2.30. The maximum absolute atomic E-state index is 11.3. The van der Waals surface area contributed by atoms with Crippen LogP contribution in [-0.2, 0) is 4.79 Å². The molecule has 4 nitrogen and oxygen atoms in total. The number of benzene rings is 2. The highest BCUT2D eigenvalue weighted by atomic mass is 16.5. The van der Waals surface area contributed by atoms with Crippen molar-refractivity contribution in [3.63, 3.8) is 0 Å². The van der Waals surface area contributed by atoms with Gasteiger partial charge in [0.15, 0.2) is 0 Å². The summed E-state index contributed by atoms with van der Waals surface area (Å²) in [6.07, 6.45) is 1.41. The number of hydrogen-bond acceptors (Lipinski definition) is 3. The van der Waals surface area contributed by atoms with E-state index in [1.807, 2.05) is 19.1 Å². The SMILES string of the molecule is CCOc1ccc(C(c2ccccc2C)N2CCC(C(=O)O)CC2)cc1. The number of likely N-dealkylation sites (tertiary alicyclic amines) is 1. The van der Waals surface area contributed by atoms with E-state index < -0.39 is 5.97 Å². The molecule has 1 atom stereocenters. The summed E-state index contributed by atoms with van der Waals surface area (Å²) in [7, 11) is 0. The van der Waals surface area contributed by atoms with Crippen LogP contribution in [0.3, 0.4) is 0 Å². The fourth-order valence-corrected chi connectivity index (χ4v) is 3.80. The minimum absolute atomic E-state index is 0.140. The average Bonchev–Trinajstić information content (AvgIpc) is 2.65. The minimum atomic E-state index is -0.668. The largest absolute Gasteiger partial charge is 0.494 e. The summed E-state index contributed by atoms with van der Waals surface area (Å²) in [6.45, 7) is 6.37. The predicted octanol–water partition coefficient (Wildman–Crippen LogP) is 4.28. The number of carboxylic acids is 1. The zero-order valence-electron chi connectivity index (χ0n) is 15.5. The van der Waals surface area contributed by atoms with Gasteiger partial charge in [-0.3, -0.25) is 9.69 Å². The van der Waals surface area contributed by atoms with Crippen molar-refractivity contribution >= 4 is 5.97 Å². The maximum atomic E-state index is 11.3. The Morgan fingerprint density at radius 1 is 1.15 bits per heavy atom. The molecule has 0 spiro atoms. The molecule has 1 aliphatic heterocycles. The molecule has 1 saturated heterocycles. The fraction of sp³-hybridized carbons (Fsp3) is 0.409. The van der Waals surface area contributed by atoms with Gasteiger partial charge in [0.05, 0.1) is 18.6 Å². The third kappa shape index (κ3) is 4.07. The number of nitrogens with zero attached hydrogens (tertiary/aromatic N) is 1. The number of ether oxygens (including phenoxy) is 1. The van der Waals surface area contributed by atoms with E-state index in [1.54, 1.807) is 0 Å². The molecule has 3 rings (SSSR count). The van der Waals surface area contributed by atoms with E-state index >= 15 is 0 Å². The number of carbonyl (C=O) groups is 1. The molecule has 1 heterocycles. The summed E-state index contributed by atoms with van der Waals surface area (Å²) in [5, 5.41) is 9.29. The summed E-state index contributed by atoms with van der Waals surface area (Å²) in [6, 6.07) is 16.9. The third-order valence-electron chi connectivity index (χ3n) is 5.23. The third-order valence-corrected chi connectivity index (χ3v) is 5.23. The monoisotopic (exact) mass is 353 g/mol. The molecule has 4 heteroatoms. The number of carboxylic acid groups (broad SMARTS) is 1. The Labute approximate surface area is 155 Å². The van der Waals surface area contributed by atoms with Crippen molar-refractivity contribution in [1.29, 1.82) is 0 Å². The van der Waals surface area contributed by atoms with Gasteiger partial charge >= 0.3 is 5.97 Å². The van der Waals surface area contributed by atoms with E-state index in [-0.39, 0.29) is 12.0 Å². The molecule has 0 saturated carbocycles. The molecule has 0 amide bonds. The molecule has 26 heavy (non-hydrogen) atoms. The first-order valence-electron chi connectivity index (χ1n) is 9.35. The number of aliphatic carboxylic acids is 1. The van der Waals surface area contributed by atoms with Gasteiger partial charge in [0.2, 0.25) is 0 Å². The molecular formula is C22H27NO3. The molecule has 1 fully saturated rings. The zero-order valence-corrected chi connectivity index (χ0v) is 15.5. The van der Waals surface area contributed by atoms with Crippen molar-refractivity contribution in [2.45, 2.75) is 32.7 Å². The van der Waals surface area contributed by atoms with Gasteiger partial charge in [-0.2, -0.15) is 0 Å². The Hall–Kier alpha value is -2.33. The van der Waals surface area contributed by atoms with Crippen molar-refractivity contribution in [2.75, 3.05) is 19.7 Å². The Balaban J connectivity index is 1.90. The lowest BCUT2D eigenvalue weighted by atomic mass is 9.89. The van der Waals surface area contributed by atoms with E-state index in [9.17, 15) is 9.90 Å². The van der Waals surface area contributed by atoms with Gasteiger partial charge < -0.3 is 9.84 Å². The predicted molar refractivity (Wildman–Crippen MR) is 103 cm³/mol. The second kappa shape index (κ2) is 8.37. The van der Waals surface area contributed by atoms with Gasteiger partial charge in [0.25, 0.3) is 0 Å². The van der Waals surface area contributed by atoms with Crippen LogP contribution < -0.4 is 4.74 Å². The molecule has 0 aliphatic carbocycles. The van der Waals surface area contributed by atoms with Crippen LogP contribution in [0.5, 0.6) is 5.75 Å². The maximum Gasteiger partial charge on any atom is 0.306 e. The highest BCUT2D eigenvalue weighted by Crippen LogP contribution is 2.34. The molecule has 1 aliphatic rings. The first kappa shape index (κ1) is 18.5. The summed E-state index contributed by atoms with van der Waals surface area (Å²) in [4.78, 5) is 13.7. The van der Waals surface area contributed by atoms with Gasteiger partial charge in [0.1, 0.15) is 5.75 Å². The molecule has 0 radical (unpaired) electrons. The Morgan fingerprint density at radius 2 is 1.81 bits per heavy atom. The van der Waals surface area contributed by atoms with Crippen LogP contribution in [0.2, 0.25) is 0 Å². The van der Waals surface area contributed by atoms with E-state index in [0.29, 0.717) is 19.4 Å². The van der Waals surface area contributed by atoms with Crippen molar-refractivity contribution in [1.82, 2.24) is 4.90 Å². The summed E-state index contributed by atoms with van der Waals surface area (Å²) in [5.74, 6) is -0.00775. The van der Waals surface area contributed by atoms with Crippen LogP contribution >= 0.6 is 0 Å². The summed E-state index contributed by atoms with van der Waals surface area (Å²) < 4.78 is 5.58. The van der Waals surface area contributed by atoms with Crippen molar-refractivity contribution in [3.05, 3.63) is 65.2 Å². The zero-order chi connectivity index (χ0) is 18.5. The summed E-state index contributed by atoms with van der Waals surface area (Å²) >= 11 is 0. The second-order valence-corrected chi connectivity index (χ2v) is 6.91. The molecule has 0 aromatic heterocycles. The van der Waals surface area contributed by atoms with Crippen molar-refractivity contribution in [2.24, 2.45) is 5.92 Å². The van der Waals surface area contributed by atoms with E-state index in [1.165, 1.54) is 16.7 Å². The van der Waals surface area contributed by atoms with Gasteiger partial charge in [-0.05, 0) is 68.6 Å². The molecule has 138 valence electrons. The van der Waals surface area contributed by atoms with Gasteiger partial charge in [0, 0.05) is 0 Å². The Morgan fingerprint density at radius 3 is 2.38 bits per heavy atom. The number of aryl methyl sites for hydroxylation is 1. The molecule has 2 aromatic rings. The van der Waals surface area contributed by atoms with Crippen molar-refractivity contribution < 1.29 is 14.6 Å². The molecule has 2 aromatic carbocycles. The van der Waals surface area contributed by atoms with Gasteiger partial charge in [-0.15, -0.1) is 0 Å². The number of piperidine rings is 1. The fourth-order valence-electron chi connectivity index (χ4n) is 3.80.